The Hall–Kier alpha value is -0.660. The van der Waals surface area contributed by atoms with Crippen molar-refractivity contribution in [1.29, 1.82) is 5.16 Å². The minimum Gasteiger partial charge on any atom is -0.357 e. The number of anilines is 1. The molecule has 7 nitrogen and oxygen atoms in total. The molecule has 0 aromatic carbocycles. The van der Waals surface area contributed by atoms with Crippen molar-refractivity contribution in [3.63, 3.8) is 0 Å². The number of nitrogens with two attached hydrogens (primary N) is 1. The molecule has 146 valence electrons. The van der Waals surface area contributed by atoms with E-state index in [1.54, 1.807) is 0 Å². The Bertz CT molecular complexity index is 637. The summed E-state index contributed by atoms with van der Waals surface area (Å²) in [7, 11) is -0.849. The van der Waals surface area contributed by atoms with E-state index in [2.05, 4.69) is 21.9 Å². The summed E-state index contributed by atoms with van der Waals surface area (Å²) in [4.78, 5) is 21.6. The first kappa shape index (κ1) is 20.1. The van der Waals surface area contributed by atoms with Gasteiger partial charge in [-0.25, -0.2) is 9.97 Å². The predicted octanol–water partition coefficient (Wildman–Crippen LogP) is 3.54. The quantitative estimate of drug-likeness (QED) is 0.453. The molecule has 0 bridgehead atoms. The van der Waals surface area contributed by atoms with E-state index < -0.39 is 7.51 Å². The normalized spacial score (nSPS) is 26.1. The van der Waals surface area contributed by atoms with Crippen LogP contribution in [0.5, 0.6) is 0 Å². The molecular weight excluding hydrogens is 369 g/mol. The monoisotopic (exact) mass is 399 g/mol. The van der Waals surface area contributed by atoms with Crippen LogP contribution in [0.3, 0.4) is 0 Å². The number of aryl methyl sites for hydroxylation is 1. The highest BCUT2D eigenvalue weighted by molar-refractivity contribution is 7.97. The smallest absolute Gasteiger partial charge is 0.210 e. The lowest BCUT2D eigenvalue weighted by Gasteiger charge is -2.39. The van der Waals surface area contributed by atoms with Crippen LogP contribution in [0, 0.1) is 5.16 Å². The lowest BCUT2D eigenvalue weighted by atomic mass is 9.92. The molecule has 2 aliphatic carbocycles. The third-order valence-corrected chi connectivity index (χ3v) is 8.13. The van der Waals surface area contributed by atoms with Crippen LogP contribution in [0.15, 0.2) is 12.3 Å². The summed E-state index contributed by atoms with van der Waals surface area (Å²) < 4.78 is 5.85. The molecule has 1 atom stereocenters. The number of nitrogens with zero attached hydrogens (tertiary/aromatic N) is 3. The fraction of sp³-hybridized carbons (Fsp3) is 0.765. The van der Waals surface area contributed by atoms with Gasteiger partial charge < -0.3 is 14.3 Å². The summed E-state index contributed by atoms with van der Waals surface area (Å²) in [6, 6.07) is 2.36. The molecule has 0 spiro atoms. The van der Waals surface area contributed by atoms with Gasteiger partial charge in [0.25, 0.3) is 0 Å². The van der Waals surface area contributed by atoms with Crippen LogP contribution < -0.4 is 10.0 Å². The van der Waals surface area contributed by atoms with Gasteiger partial charge >= 0.3 is 0 Å². The van der Waals surface area contributed by atoms with E-state index in [1.807, 2.05) is 12.3 Å². The highest BCUT2D eigenvalue weighted by atomic mass is 32.2. The summed E-state index contributed by atoms with van der Waals surface area (Å²) >= 11 is 1.31. The van der Waals surface area contributed by atoms with Crippen LogP contribution in [0.4, 0.5) is 5.82 Å². The predicted molar refractivity (Wildman–Crippen MR) is 107 cm³/mol. The van der Waals surface area contributed by atoms with E-state index in [0.717, 1.165) is 68.8 Å². The van der Waals surface area contributed by atoms with Gasteiger partial charge in [0.2, 0.25) is 7.51 Å². The van der Waals surface area contributed by atoms with Gasteiger partial charge in [-0.3, -0.25) is 10.3 Å². The van der Waals surface area contributed by atoms with Crippen LogP contribution in [0.1, 0.15) is 50.8 Å². The lowest BCUT2D eigenvalue weighted by Crippen LogP contribution is -2.37. The largest absolute Gasteiger partial charge is 0.357 e. The fourth-order valence-corrected chi connectivity index (χ4v) is 5.83. The molecule has 3 rings (SSSR count). The minimum absolute atomic E-state index is 0.0265. The van der Waals surface area contributed by atoms with E-state index in [0.29, 0.717) is 6.04 Å². The summed E-state index contributed by atoms with van der Waals surface area (Å²) in [5.41, 5.74) is 0.0917. The molecule has 9 heteroatoms. The molecule has 4 N–H and O–H groups in total. The Morgan fingerprint density at radius 1 is 1.35 bits per heavy atom. The van der Waals surface area contributed by atoms with Crippen LogP contribution in [0.25, 0.3) is 0 Å². The summed E-state index contributed by atoms with van der Waals surface area (Å²) in [6.07, 6.45) is 9.40. The van der Waals surface area contributed by atoms with Gasteiger partial charge in [0.1, 0.15) is 11.6 Å². The van der Waals surface area contributed by atoms with Gasteiger partial charge in [0, 0.05) is 37.1 Å². The van der Waals surface area contributed by atoms with Crippen molar-refractivity contribution in [2.45, 2.75) is 69.2 Å². The van der Waals surface area contributed by atoms with E-state index >= 15 is 0 Å². The number of rotatable bonds is 8. The molecule has 1 aromatic rings. The first-order valence-electron chi connectivity index (χ1n) is 9.41. The first-order valence-corrected chi connectivity index (χ1v) is 12.2. The number of aromatic nitrogens is 2. The zero-order chi connectivity index (χ0) is 18.6. The molecular formula is C17H30N5O2PS. The van der Waals surface area contributed by atoms with Crippen molar-refractivity contribution in [1.82, 2.24) is 9.97 Å². The van der Waals surface area contributed by atoms with E-state index in [-0.39, 0.29) is 11.8 Å². The highest BCUT2D eigenvalue weighted by Gasteiger charge is 2.36. The standard InChI is InChI=1S/C17H30N5O2PS/c1-22(17-9-11-20-16(21-17)10-12-26-19)13-5-7-14(8-6-13)24-25(18,23)15-3-2-4-15/h9,11,13-15H,2-8,10,12,19H2,1H3,(H2,18,23). The van der Waals surface area contributed by atoms with Crippen molar-refractivity contribution in [2.24, 2.45) is 5.14 Å². The average molecular weight is 400 g/mol. The Morgan fingerprint density at radius 2 is 2.08 bits per heavy atom. The second-order valence-electron chi connectivity index (χ2n) is 7.31. The maximum atomic E-state index is 10.4. The topological polar surface area (TPSA) is 108 Å². The highest BCUT2D eigenvalue weighted by Crippen LogP contribution is 2.57. The number of nitrogens with one attached hydrogen (secondary N) is 1. The fourth-order valence-electron chi connectivity index (χ4n) is 3.63. The van der Waals surface area contributed by atoms with Crippen LogP contribution >= 0.6 is 19.5 Å². The Morgan fingerprint density at radius 3 is 2.69 bits per heavy atom. The summed E-state index contributed by atoms with van der Waals surface area (Å²) in [5, 5.41) is 13.7. The van der Waals surface area contributed by atoms with Gasteiger partial charge in [0.05, 0.1) is 6.10 Å². The van der Waals surface area contributed by atoms with Gasteiger partial charge in [0.15, 0.2) is 0 Å². The van der Waals surface area contributed by atoms with Crippen LogP contribution in [0.2, 0.25) is 0 Å². The molecule has 26 heavy (non-hydrogen) atoms. The maximum absolute atomic E-state index is 10.4. The molecule has 2 aliphatic rings. The zero-order valence-electron chi connectivity index (χ0n) is 15.4. The SMILES string of the molecule is CN(c1ccnc(CCSN)n1)C1CCC(OP(=N)(O)C2CCC2)CC1. The van der Waals surface area contributed by atoms with Crippen LogP contribution in [-0.2, 0) is 10.9 Å². The van der Waals surface area contributed by atoms with Gasteiger partial charge in [-0.2, -0.15) is 0 Å². The average Bonchev–Trinajstić information content (AvgIpc) is 2.58. The maximum Gasteiger partial charge on any atom is 0.210 e. The minimum atomic E-state index is -2.93. The molecule has 1 aromatic heterocycles. The molecule has 2 fully saturated rings. The van der Waals surface area contributed by atoms with E-state index in [4.69, 9.17) is 14.8 Å². The van der Waals surface area contributed by atoms with Gasteiger partial charge in [-0.05, 0) is 44.6 Å². The number of hydrogen-bond acceptors (Lipinski definition) is 7. The molecule has 1 unspecified atom stereocenters. The first-order chi connectivity index (χ1) is 12.5. The Balaban J connectivity index is 1.51. The van der Waals surface area contributed by atoms with Crippen molar-refractivity contribution in [2.75, 3.05) is 17.7 Å². The third-order valence-electron chi connectivity index (χ3n) is 5.57. The van der Waals surface area contributed by atoms with Crippen LogP contribution in [-0.4, -0.2) is 45.5 Å². The molecule has 0 amide bonds. The Labute approximate surface area is 160 Å². The Kier molecular flexibility index (Phi) is 6.97. The summed E-state index contributed by atoms with van der Waals surface area (Å²) in [5.74, 6) is 2.59. The van der Waals surface area contributed by atoms with Crippen molar-refractivity contribution in [3.8, 4) is 0 Å². The van der Waals surface area contributed by atoms with E-state index in [9.17, 15) is 4.89 Å². The molecule has 0 saturated heterocycles. The van der Waals surface area contributed by atoms with Gasteiger partial charge in [-0.1, -0.05) is 18.4 Å². The molecule has 1 heterocycles. The van der Waals surface area contributed by atoms with Crippen molar-refractivity contribution < 1.29 is 9.42 Å². The number of hydrogen-bond donors (Lipinski definition) is 3. The van der Waals surface area contributed by atoms with Gasteiger partial charge in [-0.15, -0.1) is 0 Å². The molecule has 0 aliphatic heterocycles. The molecule has 0 radical (unpaired) electrons. The lowest BCUT2D eigenvalue weighted by molar-refractivity contribution is 0.135. The zero-order valence-corrected chi connectivity index (χ0v) is 17.1. The molecule has 2 saturated carbocycles. The second-order valence-corrected chi connectivity index (χ2v) is 10.2. The third kappa shape index (κ3) is 4.98. The van der Waals surface area contributed by atoms with Crippen molar-refractivity contribution >= 4 is 25.3 Å². The summed E-state index contributed by atoms with van der Waals surface area (Å²) in [6.45, 7) is 0. The van der Waals surface area contributed by atoms with Crippen molar-refractivity contribution in [3.05, 3.63) is 18.1 Å². The van der Waals surface area contributed by atoms with E-state index in [1.165, 1.54) is 11.9 Å². The second kappa shape index (κ2) is 9.02.